The second-order valence-electron chi connectivity index (χ2n) is 4.62. The summed E-state index contributed by atoms with van der Waals surface area (Å²) in [5.74, 6) is 1.25. The molecule has 0 heterocycles. The number of ether oxygens (including phenoxy) is 2. The fourth-order valence-electron chi connectivity index (χ4n) is 1.93. The summed E-state index contributed by atoms with van der Waals surface area (Å²) >= 11 is 0. The molecule has 0 amide bonds. The van der Waals surface area contributed by atoms with Gasteiger partial charge in [0.05, 0.1) is 19.3 Å². The number of methoxy groups -OCH3 is 1. The highest BCUT2D eigenvalue weighted by atomic mass is 16.5. The SMILES string of the molecule is COc1ccccc1OCC(N)(CO)c1ccccc1. The van der Waals surface area contributed by atoms with Crippen LogP contribution in [0.4, 0.5) is 0 Å². The van der Waals surface area contributed by atoms with Crippen LogP contribution in [0.15, 0.2) is 54.6 Å². The highest BCUT2D eigenvalue weighted by Crippen LogP contribution is 2.28. The Labute approximate surface area is 118 Å². The van der Waals surface area contributed by atoms with Crippen LogP contribution in [0.2, 0.25) is 0 Å². The van der Waals surface area contributed by atoms with E-state index in [0.717, 1.165) is 5.56 Å². The summed E-state index contributed by atoms with van der Waals surface area (Å²) in [7, 11) is 1.58. The second kappa shape index (κ2) is 6.41. The summed E-state index contributed by atoms with van der Waals surface area (Å²) in [6, 6.07) is 16.8. The maximum absolute atomic E-state index is 9.61. The van der Waals surface area contributed by atoms with E-state index < -0.39 is 5.54 Å². The first-order valence-corrected chi connectivity index (χ1v) is 6.41. The van der Waals surface area contributed by atoms with Crippen molar-refractivity contribution in [3.8, 4) is 11.5 Å². The molecule has 4 heteroatoms. The third kappa shape index (κ3) is 3.10. The van der Waals surface area contributed by atoms with Gasteiger partial charge in [0, 0.05) is 0 Å². The number of rotatable bonds is 6. The van der Waals surface area contributed by atoms with E-state index in [0.29, 0.717) is 11.5 Å². The van der Waals surface area contributed by atoms with Gasteiger partial charge in [-0.15, -0.1) is 0 Å². The van der Waals surface area contributed by atoms with E-state index >= 15 is 0 Å². The molecular formula is C16H19NO3. The molecule has 0 aromatic heterocycles. The van der Waals surface area contributed by atoms with Crippen LogP contribution in [0.5, 0.6) is 11.5 Å². The summed E-state index contributed by atoms with van der Waals surface area (Å²) in [5, 5.41) is 9.61. The normalized spacial score (nSPS) is 13.6. The van der Waals surface area contributed by atoms with E-state index in [2.05, 4.69) is 0 Å². The molecule has 0 aliphatic carbocycles. The summed E-state index contributed by atoms with van der Waals surface area (Å²) < 4.78 is 11.0. The number of benzene rings is 2. The number of nitrogens with two attached hydrogens (primary N) is 1. The van der Waals surface area contributed by atoms with Gasteiger partial charge in [0.2, 0.25) is 0 Å². The van der Waals surface area contributed by atoms with E-state index in [1.54, 1.807) is 7.11 Å². The van der Waals surface area contributed by atoms with Gasteiger partial charge in [-0.2, -0.15) is 0 Å². The number of para-hydroxylation sites is 2. The highest BCUT2D eigenvalue weighted by Gasteiger charge is 2.27. The van der Waals surface area contributed by atoms with E-state index in [-0.39, 0.29) is 13.2 Å². The van der Waals surface area contributed by atoms with Gasteiger partial charge >= 0.3 is 0 Å². The van der Waals surface area contributed by atoms with Crippen LogP contribution in [0.1, 0.15) is 5.56 Å². The monoisotopic (exact) mass is 273 g/mol. The van der Waals surface area contributed by atoms with Gasteiger partial charge < -0.3 is 20.3 Å². The first-order chi connectivity index (χ1) is 9.69. The van der Waals surface area contributed by atoms with Crippen molar-refractivity contribution in [1.82, 2.24) is 0 Å². The van der Waals surface area contributed by atoms with Crippen molar-refractivity contribution in [3.63, 3.8) is 0 Å². The molecule has 3 N–H and O–H groups in total. The highest BCUT2D eigenvalue weighted by molar-refractivity contribution is 5.39. The van der Waals surface area contributed by atoms with Crippen LogP contribution in [0, 0.1) is 0 Å². The van der Waals surface area contributed by atoms with Gasteiger partial charge in [0.15, 0.2) is 11.5 Å². The minimum absolute atomic E-state index is 0.161. The first kappa shape index (κ1) is 14.4. The number of hydrogen-bond donors (Lipinski definition) is 2. The summed E-state index contributed by atoms with van der Waals surface area (Å²) in [5.41, 5.74) is 6.13. The predicted molar refractivity (Wildman–Crippen MR) is 77.9 cm³/mol. The summed E-state index contributed by atoms with van der Waals surface area (Å²) in [4.78, 5) is 0. The van der Waals surface area contributed by atoms with Crippen molar-refractivity contribution in [1.29, 1.82) is 0 Å². The van der Waals surface area contributed by atoms with Crippen molar-refractivity contribution < 1.29 is 14.6 Å². The van der Waals surface area contributed by atoms with Gasteiger partial charge in [0.1, 0.15) is 6.61 Å². The zero-order valence-corrected chi connectivity index (χ0v) is 11.5. The van der Waals surface area contributed by atoms with E-state index in [9.17, 15) is 5.11 Å². The molecule has 2 aromatic rings. The van der Waals surface area contributed by atoms with Gasteiger partial charge in [-0.05, 0) is 17.7 Å². The quantitative estimate of drug-likeness (QED) is 0.844. The Morgan fingerprint density at radius 3 is 2.20 bits per heavy atom. The molecule has 0 fully saturated rings. The Morgan fingerprint density at radius 2 is 1.60 bits per heavy atom. The third-order valence-electron chi connectivity index (χ3n) is 3.19. The molecule has 4 nitrogen and oxygen atoms in total. The summed E-state index contributed by atoms with van der Waals surface area (Å²) in [6.45, 7) is -0.0416. The lowest BCUT2D eigenvalue weighted by molar-refractivity contribution is 0.131. The largest absolute Gasteiger partial charge is 0.493 e. The minimum Gasteiger partial charge on any atom is -0.493 e. The van der Waals surface area contributed by atoms with Crippen molar-refractivity contribution in [2.45, 2.75) is 5.54 Å². The number of aliphatic hydroxyl groups is 1. The van der Waals surface area contributed by atoms with Crippen molar-refractivity contribution in [2.75, 3.05) is 20.3 Å². The van der Waals surface area contributed by atoms with Gasteiger partial charge in [-0.25, -0.2) is 0 Å². The average molecular weight is 273 g/mol. The molecule has 0 saturated heterocycles. The lowest BCUT2D eigenvalue weighted by atomic mass is 9.93. The Hall–Kier alpha value is -2.04. The van der Waals surface area contributed by atoms with Crippen LogP contribution in [0.3, 0.4) is 0 Å². The molecule has 0 radical (unpaired) electrons. The molecule has 2 aromatic carbocycles. The molecule has 2 rings (SSSR count). The maximum Gasteiger partial charge on any atom is 0.161 e. The molecule has 1 atom stereocenters. The molecular weight excluding hydrogens is 254 g/mol. The van der Waals surface area contributed by atoms with Gasteiger partial charge in [-0.1, -0.05) is 42.5 Å². The van der Waals surface area contributed by atoms with Crippen LogP contribution in [0.25, 0.3) is 0 Å². The Morgan fingerprint density at radius 1 is 1.00 bits per heavy atom. The average Bonchev–Trinajstić information content (AvgIpc) is 2.53. The molecule has 0 aliphatic heterocycles. The maximum atomic E-state index is 9.61. The van der Waals surface area contributed by atoms with Crippen LogP contribution < -0.4 is 15.2 Å². The van der Waals surface area contributed by atoms with E-state index in [1.807, 2.05) is 54.6 Å². The number of aliphatic hydroxyl groups excluding tert-OH is 1. The van der Waals surface area contributed by atoms with E-state index in [4.69, 9.17) is 15.2 Å². The lowest BCUT2D eigenvalue weighted by Gasteiger charge is -2.28. The molecule has 0 aliphatic rings. The standard InChI is InChI=1S/C16H19NO3/c1-19-14-9-5-6-10-15(14)20-12-16(17,11-18)13-7-3-2-4-8-13/h2-10,18H,11-12,17H2,1H3. The Bertz CT molecular complexity index is 544. The fourth-order valence-corrected chi connectivity index (χ4v) is 1.93. The van der Waals surface area contributed by atoms with Crippen molar-refractivity contribution >= 4 is 0 Å². The molecule has 0 saturated carbocycles. The number of hydrogen-bond acceptors (Lipinski definition) is 4. The fraction of sp³-hybridized carbons (Fsp3) is 0.250. The molecule has 0 spiro atoms. The molecule has 20 heavy (non-hydrogen) atoms. The van der Waals surface area contributed by atoms with Crippen molar-refractivity contribution in [3.05, 3.63) is 60.2 Å². The Balaban J connectivity index is 2.15. The lowest BCUT2D eigenvalue weighted by Crippen LogP contribution is -2.46. The first-order valence-electron chi connectivity index (χ1n) is 6.41. The zero-order chi connectivity index (χ0) is 14.4. The van der Waals surface area contributed by atoms with Crippen molar-refractivity contribution in [2.24, 2.45) is 5.73 Å². The van der Waals surface area contributed by atoms with Crippen LogP contribution >= 0.6 is 0 Å². The second-order valence-corrected chi connectivity index (χ2v) is 4.62. The Kier molecular flexibility index (Phi) is 4.61. The smallest absolute Gasteiger partial charge is 0.161 e. The molecule has 106 valence electrons. The topological polar surface area (TPSA) is 64.7 Å². The predicted octanol–water partition coefficient (Wildman–Crippen LogP) is 1.92. The third-order valence-corrected chi connectivity index (χ3v) is 3.19. The zero-order valence-electron chi connectivity index (χ0n) is 11.5. The summed E-state index contributed by atoms with van der Waals surface area (Å²) in [6.07, 6.45) is 0. The molecule has 1 unspecified atom stereocenters. The van der Waals surface area contributed by atoms with E-state index in [1.165, 1.54) is 0 Å². The molecule has 0 bridgehead atoms. The van der Waals surface area contributed by atoms with Crippen LogP contribution in [-0.4, -0.2) is 25.4 Å². The van der Waals surface area contributed by atoms with Crippen LogP contribution in [-0.2, 0) is 5.54 Å². The van der Waals surface area contributed by atoms with Gasteiger partial charge in [0.25, 0.3) is 0 Å². The van der Waals surface area contributed by atoms with Gasteiger partial charge in [-0.3, -0.25) is 0 Å². The minimum atomic E-state index is -0.942.